The Hall–Kier alpha value is -1.89. The van der Waals surface area contributed by atoms with E-state index >= 15 is 0 Å². The highest BCUT2D eigenvalue weighted by Gasteiger charge is 2.51. The van der Waals surface area contributed by atoms with Crippen molar-refractivity contribution < 1.29 is 29.6 Å². The Labute approximate surface area is 209 Å². The summed E-state index contributed by atoms with van der Waals surface area (Å²) in [6.45, 7) is 14.0. The van der Waals surface area contributed by atoms with Crippen LogP contribution in [0.1, 0.15) is 74.1 Å². The van der Waals surface area contributed by atoms with Gasteiger partial charge in [0.25, 0.3) is 0 Å². The van der Waals surface area contributed by atoms with E-state index in [4.69, 9.17) is 9.47 Å². The van der Waals surface area contributed by atoms with Crippen molar-refractivity contribution >= 4 is 5.78 Å². The molecule has 6 heteroatoms. The molecule has 4 bridgehead atoms. The van der Waals surface area contributed by atoms with Gasteiger partial charge in [-0.15, -0.1) is 0 Å². The standard InChI is InChI=1S/C29H42O6/c1-14-8-9-22-18(5)24(30)19(6)28(34-22)23-21-13-29(33,17(4)12-16(3)11-15(2)10-14)35-27(21)20(7)25(31)26(23)32/h10,13-14,16-19,22,24,28,30,32-33H,8-9,11-12H2,1-7H3/b15-10+/t14-,16+,17-,18-,19+,22+,24-,28+,29+/m0/s1/i7+1. The molecule has 35 heavy (non-hydrogen) atoms. The summed E-state index contributed by atoms with van der Waals surface area (Å²) in [6, 6.07) is 0. The molecule has 0 spiro atoms. The predicted octanol–water partition coefficient (Wildman–Crippen LogP) is 5.13. The molecule has 3 aliphatic heterocycles. The van der Waals surface area contributed by atoms with E-state index in [1.54, 1.807) is 13.0 Å². The number of allylic oxidation sites excluding steroid dienone is 4. The first-order chi connectivity index (χ1) is 16.3. The normalized spacial score (nSPS) is 44.5. The van der Waals surface area contributed by atoms with Gasteiger partial charge < -0.3 is 24.8 Å². The topological polar surface area (TPSA) is 96.2 Å². The van der Waals surface area contributed by atoms with E-state index in [1.165, 1.54) is 5.57 Å². The lowest BCUT2D eigenvalue weighted by Gasteiger charge is -2.44. The summed E-state index contributed by atoms with van der Waals surface area (Å²) >= 11 is 0. The van der Waals surface area contributed by atoms with Crippen LogP contribution in [-0.2, 0) is 14.3 Å². The Morgan fingerprint density at radius 1 is 1.06 bits per heavy atom. The number of aliphatic hydroxyl groups is 3. The first-order valence-electron chi connectivity index (χ1n) is 13.2. The number of carbonyl (C=O) groups is 1. The number of ketones is 1. The molecule has 0 aromatic heterocycles. The lowest BCUT2D eigenvalue weighted by atomic mass is 9.75. The van der Waals surface area contributed by atoms with Crippen molar-refractivity contribution in [3.63, 3.8) is 0 Å². The van der Waals surface area contributed by atoms with Gasteiger partial charge in [0.1, 0.15) is 5.76 Å². The number of carbonyl (C=O) groups excluding carboxylic acids is 1. The molecule has 1 aliphatic carbocycles. The molecule has 0 amide bonds. The van der Waals surface area contributed by atoms with Crippen LogP contribution < -0.4 is 0 Å². The van der Waals surface area contributed by atoms with Crippen LogP contribution in [0.15, 0.2) is 46.0 Å². The van der Waals surface area contributed by atoms with Crippen molar-refractivity contribution in [3.8, 4) is 0 Å². The van der Waals surface area contributed by atoms with E-state index < -0.39 is 23.8 Å². The van der Waals surface area contributed by atoms with E-state index in [2.05, 4.69) is 26.8 Å². The molecule has 1 saturated heterocycles. The zero-order valence-corrected chi connectivity index (χ0v) is 22.2. The van der Waals surface area contributed by atoms with Gasteiger partial charge in [-0.2, -0.15) is 0 Å². The van der Waals surface area contributed by atoms with Gasteiger partial charge in [-0.3, -0.25) is 4.79 Å². The van der Waals surface area contributed by atoms with E-state index in [1.807, 2.05) is 20.8 Å². The molecular weight excluding hydrogens is 445 g/mol. The second-order valence-corrected chi connectivity index (χ2v) is 11.8. The summed E-state index contributed by atoms with van der Waals surface area (Å²) in [7, 11) is 0. The van der Waals surface area contributed by atoms with Crippen LogP contribution in [0.5, 0.6) is 0 Å². The number of hydrogen-bond acceptors (Lipinski definition) is 6. The van der Waals surface area contributed by atoms with Gasteiger partial charge in [0.05, 0.1) is 18.3 Å². The summed E-state index contributed by atoms with van der Waals surface area (Å²) < 4.78 is 12.7. The summed E-state index contributed by atoms with van der Waals surface area (Å²) in [5, 5.41) is 33.8. The first-order valence-corrected chi connectivity index (χ1v) is 13.2. The number of Topliss-reactive ketones (excluding diaryl/α,β-unsaturated/α-hetero) is 1. The number of ether oxygens (including phenoxy) is 2. The Morgan fingerprint density at radius 3 is 2.43 bits per heavy atom. The van der Waals surface area contributed by atoms with E-state index in [9.17, 15) is 20.1 Å². The lowest BCUT2D eigenvalue weighted by molar-refractivity contribution is -0.164. The van der Waals surface area contributed by atoms with Crippen LogP contribution in [0.25, 0.3) is 0 Å². The Kier molecular flexibility index (Phi) is 7.13. The Balaban J connectivity index is 1.83. The minimum atomic E-state index is -1.60. The third-order valence-corrected chi connectivity index (χ3v) is 8.66. The third-order valence-electron chi connectivity index (χ3n) is 8.66. The predicted molar refractivity (Wildman–Crippen MR) is 134 cm³/mol. The van der Waals surface area contributed by atoms with Gasteiger partial charge in [0, 0.05) is 34.5 Å². The molecule has 0 aromatic carbocycles. The maximum Gasteiger partial charge on any atom is 0.231 e. The van der Waals surface area contributed by atoms with Crippen LogP contribution >= 0.6 is 0 Å². The summed E-state index contributed by atoms with van der Waals surface area (Å²) in [5.74, 6) is -2.16. The molecule has 3 heterocycles. The SMILES string of the molecule is C/C1=C\[C@@H](C)CC[C@H]2O[C@@H](C3=C(O)C(=O)C([13CH3])=C4O[C@](O)(C=C43)[C@@H](C)C[C@H](C)C1)[C@H](C)[C@@H](O)[C@H]2C. The average molecular weight is 488 g/mol. The van der Waals surface area contributed by atoms with E-state index in [0.717, 1.165) is 25.7 Å². The van der Waals surface area contributed by atoms with Crippen molar-refractivity contribution in [3.05, 3.63) is 46.0 Å². The molecule has 6 nitrogen and oxygen atoms in total. The van der Waals surface area contributed by atoms with Crippen molar-refractivity contribution in [1.82, 2.24) is 0 Å². The summed E-state index contributed by atoms with van der Waals surface area (Å²) in [6.07, 6.45) is 5.76. The fourth-order valence-corrected chi connectivity index (χ4v) is 6.51. The van der Waals surface area contributed by atoms with Crippen LogP contribution in [-0.4, -0.2) is 45.2 Å². The van der Waals surface area contributed by atoms with Gasteiger partial charge in [-0.1, -0.05) is 46.3 Å². The molecule has 0 radical (unpaired) electrons. The van der Waals surface area contributed by atoms with Crippen molar-refractivity contribution in [2.24, 2.45) is 29.6 Å². The smallest absolute Gasteiger partial charge is 0.231 e. The average Bonchev–Trinajstić information content (AvgIpc) is 3.14. The van der Waals surface area contributed by atoms with E-state index in [0.29, 0.717) is 28.7 Å². The molecule has 4 rings (SSSR count). The van der Waals surface area contributed by atoms with Gasteiger partial charge in [0.15, 0.2) is 5.76 Å². The molecule has 0 saturated carbocycles. The highest BCUT2D eigenvalue weighted by molar-refractivity contribution is 6.10. The Bertz CT molecular complexity index is 1000. The minimum Gasteiger partial charge on any atom is -0.504 e. The summed E-state index contributed by atoms with van der Waals surface area (Å²) in [4.78, 5) is 13.0. The number of fused-ring (bicyclic) bond motifs is 4. The minimum absolute atomic E-state index is 0.0815. The fraction of sp³-hybridized carbons (Fsp3) is 0.690. The molecule has 3 N–H and O–H groups in total. The molecule has 194 valence electrons. The van der Waals surface area contributed by atoms with Crippen molar-refractivity contribution in [2.45, 2.75) is 98.2 Å². The lowest BCUT2D eigenvalue weighted by Crippen LogP contribution is -2.50. The quantitative estimate of drug-likeness (QED) is 0.324. The van der Waals surface area contributed by atoms with Gasteiger partial charge >= 0.3 is 0 Å². The largest absolute Gasteiger partial charge is 0.504 e. The molecule has 1 fully saturated rings. The van der Waals surface area contributed by atoms with E-state index in [-0.39, 0.29) is 35.2 Å². The number of rotatable bonds is 0. The number of hydrogen-bond donors (Lipinski definition) is 3. The maximum atomic E-state index is 13.0. The highest BCUT2D eigenvalue weighted by atomic mass is 16.6. The molecule has 9 atom stereocenters. The monoisotopic (exact) mass is 487 g/mol. The van der Waals surface area contributed by atoms with Crippen molar-refractivity contribution in [1.29, 1.82) is 0 Å². The van der Waals surface area contributed by atoms with Crippen LogP contribution in [0, 0.1) is 29.6 Å². The fourth-order valence-electron chi connectivity index (χ4n) is 6.51. The van der Waals surface area contributed by atoms with Crippen molar-refractivity contribution in [2.75, 3.05) is 0 Å². The third kappa shape index (κ3) is 4.65. The first kappa shape index (κ1) is 26.2. The van der Waals surface area contributed by atoms with Gasteiger partial charge in [-0.25, -0.2) is 0 Å². The van der Waals surface area contributed by atoms with Gasteiger partial charge in [-0.05, 0) is 57.4 Å². The Morgan fingerprint density at radius 2 is 1.74 bits per heavy atom. The maximum absolute atomic E-state index is 13.0. The highest BCUT2D eigenvalue weighted by Crippen LogP contribution is 2.49. The second kappa shape index (κ2) is 9.53. The van der Waals surface area contributed by atoms with Gasteiger partial charge in [0.2, 0.25) is 11.6 Å². The van der Waals surface area contributed by atoms with Crippen LogP contribution in [0.4, 0.5) is 0 Å². The molecule has 0 aromatic rings. The molecular formula is C29H42O6. The second-order valence-electron chi connectivity index (χ2n) is 11.8. The summed E-state index contributed by atoms with van der Waals surface area (Å²) in [5.41, 5.74) is 2.44. The zero-order valence-electron chi connectivity index (χ0n) is 22.2. The van der Waals surface area contributed by atoms with Crippen LogP contribution in [0.2, 0.25) is 0 Å². The zero-order chi connectivity index (χ0) is 25.8. The van der Waals surface area contributed by atoms with Crippen LogP contribution in [0.3, 0.4) is 0 Å². The number of aliphatic hydroxyl groups excluding tert-OH is 2. The molecule has 0 unspecified atom stereocenters. The molecule has 4 aliphatic rings.